The zero-order valence-corrected chi connectivity index (χ0v) is 19.9. The van der Waals surface area contributed by atoms with Crippen molar-refractivity contribution in [3.05, 3.63) is 35.6 Å². The number of guanidine groups is 1. The first-order valence-corrected chi connectivity index (χ1v) is 12.8. The molecule has 7 nitrogen and oxygen atoms in total. The van der Waals surface area contributed by atoms with E-state index in [0.717, 1.165) is 36.3 Å². The molecule has 6 N–H and O–H groups in total. The van der Waals surface area contributed by atoms with Gasteiger partial charge in [-0.2, -0.15) is 0 Å². The molecule has 4 saturated carbocycles. The van der Waals surface area contributed by atoms with Gasteiger partial charge in [-0.05, 0) is 85.3 Å². The van der Waals surface area contributed by atoms with Crippen LogP contribution in [0.15, 0.2) is 29.3 Å². The number of hydrogen-bond acceptors (Lipinski definition) is 6. The molecule has 0 radical (unpaired) electrons. The number of aliphatic imine (C=N–C) groups is 1. The molecule has 1 amide bonds. The summed E-state index contributed by atoms with van der Waals surface area (Å²) in [6, 6.07) is 6.32. The van der Waals surface area contributed by atoms with Gasteiger partial charge < -0.3 is 26.8 Å². The van der Waals surface area contributed by atoms with E-state index in [-0.39, 0.29) is 35.0 Å². The fourth-order valence-electron chi connectivity index (χ4n) is 7.59. The number of amides is 1. The minimum Gasteiger partial charge on any atom is -0.389 e. The van der Waals surface area contributed by atoms with Crippen molar-refractivity contribution in [2.75, 3.05) is 32.7 Å². The van der Waals surface area contributed by atoms with E-state index in [1.54, 1.807) is 12.1 Å². The van der Waals surface area contributed by atoms with Crippen molar-refractivity contribution in [2.24, 2.45) is 39.3 Å². The quantitative estimate of drug-likeness (QED) is 0.395. The minimum atomic E-state index is -0.405. The molecule has 0 aromatic heterocycles. The van der Waals surface area contributed by atoms with Gasteiger partial charge in [0, 0.05) is 26.2 Å². The van der Waals surface area contributed by atoms with Crippen LogP contribution >= 0.6 is 0 Å². The number of carbonyl (C=O) groups excluding carboxylic acids is 1. The molecule has 1 aliphatic heterocycles. The van der Waals surface area contributed by atoms with Crippen molar-refractivity contribution in [1.82, 2.24) is 16.0 Å². The molecular formula is C26H38FN5O2. The van der Waals surface area contributed by atoms with Crippen molar-refractivity contribution in [3.8, 4) is 0 Å². The van der Waals surface area contributed by atoms with Gasteiger partial charge in [-0.15, -0.1) is 0 Å². The van der Waals surface area contributed by atoms with E-state index in [4.69, 9.17) is 5.73 Å². The number of halogens is 1. The van der Waals surface area contributed by atoms with Crippen LogP contribution in [0.1, 0.15) is 44.1 Å². The largest absolute Gasteiger partial charge is 0.389 e. The zero-order valence-electron chi connectivity index (χ0n) is 19.9. The molecule has 186 valence electrons. The fourth-order valence-corrected chi connectivity index (χ4v) is 7.59. The van der Waals surface area contributed by atoms with Crippen LogP contribution < -0.4 is 21.7 Å². The van der Waals surface area contributed by atoms with E-state index in [1.165, 1.54) is 44.2 Å². The summed E-state index contributed by atoms with van der Waals surface area (Å²) in [5, 5.41) is 19.7. The number of hydrogen-bond donors (Lipinski definition) is 5. The van der Waals surface area contributed by atoms with Crippen LogP contribution in [0.4, 0.5) is 4.39 Å². The summed E-state index contributed by atoms with van der Waals surface area (Å²) in [5.74, 6) is 1.69. The second kappa shape index (κ2) is 9.46. The molecule has 8 heteroatoms. The number of nitrogens with two attached hydrogens (primary N) is 1. The third kappa shape index (κ3) is 5.08. The molecule has 34 heavy (non-hydrogen) atoms. The Kier molecular flexibility index (Phi) is 6.55. The Morgan fingerprint density at radius 3 is 2.47 bits per heavy atom. The number of benzene rings is 1. The van der Waals surface area contributed by atoms with Gasteiger partial charge in [0.15, 0.2) is 5.96 Å². The number of aliphatic hydroxyl groups is 1. The third-order valence-corrected chi connectivity index (χ3v) is 8.59. The van der Waals surface area contributed by atoms with Crippen molar-refractivity contribution in [2.45, 2.75) is 51.0 Å². The lowest BCUT2D eigenvalue weighted by molar-refractivity contribution is -0.130. The maximum Gasteiger partial charge on any atom is 0.224 e. The molecule has 4 unspecified atom stereocenters. The maximum atomic E-state index is 13.2. The average molecular weight is 472 g/mol. The molecule has 4 bridgehead atoms. The van der Waals surface area contributed by atoms with Crippen LogP contribution in [-0.4, -0.2) is 55.8 Å². The Morgan fingerprint density at radius 1 is 1.18 bits per heavy atom. The molecule has 1 aromatic carbocycles. The SMILES string of the molecule is NCC(Cc1ccc(F)cc1)C(=O)NCC12CC3CC(C1)CC(CNC1=NCC(O)CN1)(C3)C2. The smallest absolute Gasteiger partial charge is 0.224 e. The summed E-state index contributed by atoms with van der Waals surface area (Å²) in [6.45, 7) is 2.88. The summed E-state index contributed by atoms with van der Waals surface area (Å²) in [5.41, 5.74) is 7.29. The summed E-state index contributed by atoms with van der Waals surface area (Å²) in [6.07, 6.45) is 7.46. The van der Waals surface area contributed by atoms with Crippen molar-refractivity contribution in [1.29, 1.82) is 0 Å². The van der Waals surface area contributed by atoms with Gasteiger partial charge in [0.1, 0.15) is 5.82 Å². The summed E-state index contributed by atoms with van der Waals surface area (Å²) in [7, 11) is 0. The highest BCUT2D eigenvalue weighted by molar-refractivity contribution is 5.80. The minimum absolute atomic E-state index is 0.00839. The Balaban J connectivity index is 1.20. The molecule has 6 rings (SSSR count). The Labute approximate surface area is 201 Å². The second-order valence-electron chi connectivity index (χ2n) is 11.5. The Morgan fingerprint density at radius 2 is 1.85 bits per heavy atom. The van der Waals surface area contributed by atoms with Gasteiger partial charge in [-0.1, -0.05) is 12.1 Å². The van der Waals surface area contributed by atoms with Gasteiger partial charge in [-0.3, -0.25) is 9.79 Å². The van der Waals surface area contributed by atoms with E-state index < -0.39 is 6.10 Å². The van der Waals surface area contributed by atoms with Crippen LogP contribution in [0, 0.1) is 34.4 Å². The van der Waals surface area contributed by atoms with Crippen LogP contribution in [0.25, 0.3) is 0 Å². The molecule has 4 atom stereocenters. The first-order chi connectivity index (χ1) is 16.4. The van der Waals surface area contributed by atoms with Crippen LogP contribution in [0.5, 0.6) is 0 Å². The van der Waals surface area contributed by atoms with E-state index in [2.05, 4.69) is 20.9 Å². The summed E-state index contributed by atoms with van der Waals surface area (Å²) >= 11 is 0. The van der Waals surface area contributed by atoms with E-state index in [1.807, 2.05) is 0 Å². The van der Waals surface area contributed by atoms with E-state index in [0.29, 0.717) is 26.1 Å². The molecule has 1 aromatic rings. The zero-order chi connectivity index (χ0) is 23.8. The Bertz CT molecular complexity index is 906. The van der Waals surface area contributed by atoms with E-state index in [9.17, 15) is 14.3 Å². The van der Waals surface area contributed by atoms with E-state index >= 15 is 0 Å². The Hall–Kier alpha value is -2.19. The molecule has 4 fully saturated rings. The lowest BCUT2D eigenvalue weighted by atomic mass is 9.44. The lowest BCUT2D eigenvalue weighted by Gasteiger charge is -2.62. The van der Waals surface area contributed by atoms with Crippen LogP contribution in [-0.2, 0) is 11.2 Å². The van der Waals surface area contributed by atoms with Gasteiger partial charge in [0.25, 0.3) is 0 Å². The first kappa shape index (κ1) is 23.5. The average Bonchev–Trinajstić information content (AvgIpc) is 2.81. The van der Waals surface area contributed by atoms with Gasteiger partial charge >= 0.3 is 0 Å². The molecule has 5 aliphatic rings. The predicted molar refractivity (Wildman–Crippen MR) is 130 cm³/mol. The fraction of sp³-hybridized carbons (Fsp3) is 0.692. The molecular weight excluding hydrogens is 433 g/mol. The predicted octanol–water partition coefficient (Wildman–Crippen LogP) is 1.56. The number of nitrogens with zero attached hydrogens (tertiary/aromatic N) is 1. The number of rotatable bonds is 8. The van der Waals surface area contributed by atoms with Gasteiger partial charge in [0.2, 0.25) is 5.91 Å². The van der Waals surface area contributed by atoms with Crippen LogP contribution in [0.2, 0.25) is 0 Å². The van der Waals surface area contributed by atoms with Crippen molar-refractivity contribution >= 4 is 11.9 Å². The van der Waals surface area contributed by atoms with Gasteiger partial charge in [-0.25, -0.2) is 4.39 Å². The summed E-state index contributed by atoms with van der Waals surface area (Å²) < 4.78 is 13.2. The monoisotopic (exact) mass is 471 g/mol. The number of carbonyl (C=O) groups is 1. The van der Waals surface area contributed by atoms with Crippen molar-refractivity contribution in [3.63, 3.8) is 0 Å². The number of aliphatic hydroxyl groups excluding tert-OH is 1. The topological polar surface area (TPSA) is 112 Å². The lowest BCUT2D eigenvalue weighted by Crippen LogP contribution is -2.59. The number of β-amino-alcohol motifs (C(OH)–C–C–N with tert-alkyl or cyclic N) is 1. The summed E-state index contributed by atoms with van der Waals surface area (Å²) in [4.78, 5) is 17.5. The van der Waals surface area contributed by atoms with Crippen molar-refractivity contribution < 1.29 is 14.3 Å². The normalized spacial score (nSPS) is 34.8. The van der Waals surface area contributed by atoms with Gasteiger partial charge in [0.05, 0.1) is 18.6 Å². The molecule has 0 spiro atoms. The highest BCUT2D eigenvalue weighted by Gasteiger charge is 2.57. The highest BCUT2D eigenvalue weighted by Crippen LogP contribution is 2.64. The molecule has 1 heterocycles. The molecule has 0 saturated heterocycles. The maximum absolute atomic E-state index is 13.2. The standard InChI is InChI=1S/C26H38FN5O2/c27-21-3-1-17(2-4-21)6-20(11-28)23(34)31-15-25-7-18-5-19(8-25)10-26(9-18,14-25)16-32-24-29-12-22(33)13-30-24/h1-4,18-20,22,33H,5-16,28H2,(H,31,34)(H2,29,30,32). The third-order valence-electron chi connectivity index (χ3n) is 8.59. The highest BCUT2D eigenvalue weighted by atomic mass is 19.1. The van der Waals surface area contributed by atoms with Crippen LogP contribution in [0.3, 0.4) is 0 Å². The molecule has 4 aliphatic carbocycles. The first-order valence-electron chi connectivity index (χ1n) is 12.8. The number of nitrogens with one attached hydrogen (secondary N) is 3. The second-order valence-corrected chi connectivity index (χ2v) is 11.5.